The molecule has 23 heavy (non-hydrogen) atoms. The summed E-state index contributed by atoms with van der Waals surface area (Å²) in [6, 6.07) is 10.2. The van der Waals surface area contributed by atoms with Crippen molar-refractivity contribution in [3.63, 3.8) is 0 Å². The predicted molar refractivity (Wildman–Crippen MR) is 87.0 cm³/mol. The van der Waals surface area contributed by atoms with Crippen molar-refractivity contribution < 1.29 is 9.32 Å². The molecule has 1 amide bonds. The van der Waals surface area contributed by atoms with Gasteiger partial charge in [-0.05, 0) is 24.8 Å². The van der Waals surface area contributed by atoms with Crippen molar-refractivity contribution in [1.29, 1.82) is 0 Å². The molecule has 0 N–H and O–H groups in total. The second-order valence-corrected chi connectivity index (χ2v) is 6.04. The van der Waals surface area contributed by atoms with E-state index in [9.17, 15) is 4.79 Å². The summed E-state index contributed by atoms with van der Waals surface area (Å²) in [7, 11) is 0. The Morgan fingerprint density at radius 2 is 2.00 bits per heavy atom. The van der Waals surface area contributed by atoms with Crippen LogP contribution in [-0.2, 0) is 17.6 Å². The average molecular weight is 313 g/mol. The van der Waals surface area contributed by atoms with Crippen molar-refractivity contribution in [1.82, 2.24) is 15.0 Å². The first-order chi connectivity index (χ1) is 11.3. The van der Waals surface area contributed by atoms with Crippen molar-refractivity contribution in [2.75, 3.05) is 13.1 Å². The van der Waals surface area contributed by atoms with Crippen LogP contribution in [0.2, 0.25) is 0 Å². The molecule has 0 aliphatic carbocycles. The highest BCUT2D eigenvalue weighted by molar-refractivity contribution is 5.76. The Morgan fingerprint density at radius 3 is 2.65 bits per heavy atom. The third kappa shape index (κ3) is 3.97. The van der Waals surface area contributed by atoms with Gasteiger partial charge in [0.25, 0.3) is 0 Å². The fraction of sp³-hybridized carbons (Fsp3) is 0.500. The zero-order chi connectivity index (χ0) is 16.1. The number of piperidine rings is 1. The molecule has 3 rings (SSSR count). The van der Waals surface area contributed by atoms with E-state index in [1.165, 1.54) is 5.56 Å². The minimum Gasteiger partial charge on any atom is -0.343 e. The SMILES string of the molecule is CCc1noc(C2CCN(C(=O)CCc3ccccc3)CC2)n1. The fourth-order valence-corrected chi connectivity index (χ4v) is 3.01. The molecule has 0 spiro atoms. The monoisotopic (exact) mass is 313 g/mol. The first kappa shape index (κ1) is 15.7. The first-order valence-corrected chi connectivity index (χ1v) is 8.40. The van der Waals surface area contributed by atoms with E-state index in [1.54, 1.807) is 0 Å². The van der Waals surface area contributed by atoms with E-state index in [0.717, 1.165) is 50.5 Å². The number of amides is 1. The molecule has 1 aromatic heterocycles. The van der Waals surface area contributed by atoms with Gasteiger partial charge in [0.1, 0.15) is 0 Å². The van der Waals surface area contributed by atoms with Crippen molar-refractivity contribution in [2.24, 2.45) is 0 Å². The van der Waals surface area contributed by atoms with Crippen molar-refractivity contribution >= 4 is 5.91 Å². The maximum absolute atomic E-state index is 12.3. The number of rotatable bonds is 5. The summed E-state index contributed by atoms with van der Waals surface area (Å²) in [5.41, 5.74) is 1.22. The van der Waals surface area contributed by atoms with Gasteiger partial charge >= 0.3 is 0 Å². The lowest BCUT2D eigenvalue weighted by molar-refractivity contribution is -0.132. The summed E-state index contributed by atoms with van der Waals surface area (Å²) in [6.45, 7) is 3.58. The summed E-state index contributed by atoms with van der Waals surface area (Å²) in [6.07, 6.45) is 3.99. The van der Waals surface area contributed by atoms with Crippen LogP contribution >= 0.6 is 0 Å². The number of carbonyl (C=O) groups is 1. The van der Waals surface area contributed by atoms with Crippen LogP contribution in [0.25, 0.3) is 0 Å². The second kappa shape index (κ2) is 7.40. The van der Waals surface area contributed by atoms with E-state index in [4.69, 9.17) is 4.52 Å². The smallest absolute Gasteiger partial charge is 0.229 e. The molecule has 0 saturated carbocycles. The van der Waals surface area contributed by atoms with Gasteiger partial charge in [-0.25, -0.2) is 0 Å². The van der Waals surface area contributed by atoms with E-state index in [-0.39, 0.29) is 5.91 Å². The van der Waals surface area contributed by atoms with Gasteiger partial charge in [-0.3, -0.25) is 4.79 Å². The van der Waals surface area contributed by atoms with E-state index in [2.05, 4.69) is 22.3 Å². The molecule has 122 valence electrons. The number of carbonyl (C=O) groups excluding carboxylic acids is 1. The molecular formula is C18H23N3O2. The molecule has 2 heterocycles. The normalized spacial score (nSPS) is 15.8. The van der Waals surface area contributed by atoms with Crippen LogP contribution in [0.1, 0.15) is 49.4 Å². The average Bonchev–Trinajstić information content (AvgIpc) is 3.10. The standard InChI is InChI=1S/C18H23N3O2/c1-2-16-19-18(23-20-16)15-10-12-21(13-11-15)17(22)9-8-14-6-4-3-5-7-14/h3-7,15H,2,8-13H2,1H3. The maximum Gasteiger partial charge on any atom is 0.229 e. The summed E-state index contributed by atoms with van der Waals surface area (Å²) in [5.74, 6) is 2.03. The lowest BCUT2D eigenvalue weighted by atomic mass is 9.96. The van der Waals surface area contributed by atoms with Crippen molar-refractivity contribution in [2.45, 2.75) is 44.9 Å². The number of nitrogens with zero attached hydrogens (tertiary/aromatic N) is 3. The Labute approximate surface area is 136 Å². The van der Waals surface area contributed by atoms with E-state index in [0.29, 0.717) is 12.3 Å². The van der Waals surface area contributed by atoms with Gasteiger partial charge in [-0.2, -0.15) is 4.98 Å². The van der Waals surface area contributed by atoms with Crippen LogP contribution in [0.15, 0.2) is 34.9 Å². The highest BCUT2D eigenvalue weighted by Crippen LogP contribution is 2.27. The Balaban J connectivity index is 1.47. The van der Waals surface area contributed by atoms with Crippen molar-refractivity contribution in [3.8, 4) is 0 Å². The van der Waals surface area contributed by atoms with E-state index < -0.39 is 0 Å². The third-order valence-corrected chi connectivity index (χ3v) is 4.47. The molecule has 2 aromatic rings. The molecular weight excluding hydrogens is 290 g/mol. The Bertz CT molecular complexity index is 631. The number of aromatic nitrogens is 2. The van der Waals surface area contributed by atoms with Gasteiger partial charge in [0.15, 0.2) is 5.82 Å². The maximum atomic E-state index is 12.3. The molecule has 5 heteroatoms. The molecule has 1 saturated heterocycles. The van der Waals surface area contributed by atoms with Crippen LogP contribution < -0.4 is 0 Å². The zero-order valence-corrected chi connectivity index (χ0v) is 13.6. The van der Waals surface area contributed by atoms with E-state index in [1.807, 2.05) is 30.0 Å². The molecule has 1 aliphatic rings. The third-order valence-electron chi connectivity index (χ3n) is 4.47. The minimum atomic E-state index is 0.243. The number of aryl methyl sites for hydroxylation is 2. The van der Waals surface area contributed by atoms with Crippen LogP contribution in [0.5, 0.6) is 0 Å². The number of hydrogen-bond acceptors (Lipinski definition) is 4. The quantitative estimate of drug-likeness (QED) is 0.851. The summed E-state index contributed by atoms with van der Waals surface area (Å²) in [5, 5.41) is 3.96. The molecule has 0 unspecified atom stereocenters. The highest BCUT2D eigenvalue weighted by atomic mass is 16.5. The Hall–Kier alpha value is -2.17. The van der Waals surface area contributed by atoms with Gasteiger partial charge in [0.2, 0.25) is 11.8 Å². The molecule has 0 bridgehead atoms. The Kier molecular flexibility index (Phi) is 5.05. The van der Waals surface area contributed by atoms with Crippen LogP contribution in [0.3, 0.4) is 0 Å². The minimum absolute atomic E-state index is 0.243. The predicted octanol–water partition coefficient (Wildman–Crippen LogP) is 2.97. The van der Waals surface area contributed by atoms with Crippen LogP contribution in [0.4, 0.5) is 0 Å². The van der Waals surface area contributed by atoms with Crippen LogP contribution in [-0.4, -0.2) is 34.0 Å². The molecule has 5 nitrogen and oxygen atoms in total. The van der Waals surface area contributed by atoms with Gasteiger partial charge in [-0.15, -0.1) is 0 Å². The summed E-state index contributed by atoms with van der Waals surface area (Å²) >= 11 is 0. The summed E-state index contributed by atoms with van der Waals surface area (Å²) < 4.78 is 5.33. The highest BCUT2D eigenvalue weighted by Gasteiger charge is 2.27. The lowest BCUT2D eigenvalue weighted by Gasteiger charge is -2.30. The molecule has 1 aliphatic heterocycles. The van der Waals surface area contributed by atoms with E-state index >= 15 is 0 Å². The summed E-state index contributed by atoms with van der Waals surface area (Å²) in [4.78, 5) is 18.7. The molecule has 0 radical (unpaired) electrons. The molecule has 1 aromatic carbocycles. The topological polar surface area (TPSA) is 59.2 Å². The number of hydrogen-bond donors (Lipinski definition) is 0. The second-order valence-electron chi connectivity index (χ2n) is 6.04. The molecule has 1 fully saturated rings. The van der Waals surface area contributed by atoms with Gasteiger partial charge < -0.3 is 9.42 Å². The number of likely N-dealkylation sites (tertiary alicyclic amines) is 1. The Morgan fingerprint density at radius 1 is 1.26 bits per heavy atom. The van der Waals surface area contributed by atoms with Crippen LogP contribution in [0, 0.1) is 0 Å². The number of benzene rings is 1. The lowest BCUT2D eigenvalue weighted by Crippen LogP contribution is -2.38. The van der Waals surface area contributed by atoms with Gasteiger partial charge in [0, 0.05) is 31.8 Å². The molecule has 0 atom stereocenters. The largest absolute Gasteiger partial charge is 0.343 e. The van der Waals surface area contributed by atoms with Gasteiger partial charge in [-0.1, -0.05) is 42.4 Å². The zero-order valence-electron chi connectivity index (χ0n) is 13.6. The first-order valence-electron chi connectivity index (χ1n) is 8.40. The van der Waals surface area contributed by atoms with Gasteiger partial charge in [0.05, 0.1) is 0 Å². The van der Waals surface area contributed by atoms with Crippen molar-refractivity contribution in [3.05, 3.63) is 47.6 Å². The fourth-order valence-electron chi connectivity index (χ4n) is 3.01.